The minimum Gasteiger partial charge on any atom is -0.496 e. The van der Waals surface area contributed by atoms with Crippen LogP contribution in [0, 0.1) is 11.6 Å². The van der Waals surface area contributed by atoms with Crippen LogP contribution in [0.3, 0.4) is 0 Å². The number of anilines is 1. The average Bonchev–Trinajstić information content (AvgIpc) is 3.23. The van der Waals surface area contributed by atoms with Crippen molar-refractivity contribution in [1.82, 2.24) is 9.88 Å². The van der Waals surface area contributed by atoms with E-state index in [-0.39, 0.29) is 17.0 Å². The van der Waals surface area contributed by atoms with Gasteiger partial charge in [0.05, 0.1) is 29.9 Å². The number of hydrogen-bond acceptors (Lipinski definition) is 3. The fraction of sp³-hybridized carbons (Fsp3) is 0.100. The third-order valence-electron chi connectivity index (χ3n) is 4.01. The van der Waals surface area contributed by atoms with Gasteiger partial charge in [-0.2, -0.15) is 0 Å². The first-order valence-corrected chi connectivity index (χ1v) is 8.81. The minimum atomic E-state index is -1.09. The van der Waals surface area contributed by atoms with E-state index in [2.05, 4.69) is 10.6 Å². The molecule has 0 saturated heterocycles. The predicted octanol–water partition coefficient (Wildman–Crippen LogP) is 3.79. The molecule has 0 unspecified atom stereocenters. The molecule has 0 fully saturated rings. The Morgan fingerprint density at radius 3 is 2.48 bits per heavy atom. The first-order valence-electron chi connectivity index (χ1n) is 8.43. The molecule has 6 nitrogen and oxygen atoms in total. The van der Waals surface area contributed by atoms with E-state index < -0.39 is 30.0 Å². The quantitative estimate of drug-likeness (QED) is 0.638. The van der Waals surface area contributed by atoms with Gasteiger partial charge in [-0.25, -0.2) is 8.78 Å². The second-order valence-electron chi connectivity index (χ2n) is 5.95. The van der Waals surface area contributed by atoms with Crippen molar-refractivity contribution in [2.45, 2.75) is 0 Å². The number of methoxy groups -OCH3 is 1. The Morgan fingerprint density at radius 2 is 1.83 bits per heavy atom. The van der Waals surface area contributed by atoms with Gasteiger partial charge < -0.3 is 19.9 Å². The lowest BCUT2D eigenvalue weighted by Gasteiger charge is -2.13. The minimum absolute atomic E-state index is 0.0693. The van der Waals surface area contributed by atoms with Crippen LogP contribution in [0.5, 0.6) is 5.75 Å². The van der Waals surface area contributed by atoms with Gasteiger partial charge in [-0.05, 0) is 30.3 Å². The Hall–Kier alpha value is -3.39. The van der Waals surface area contributed by atoms with Crippen LogP contribution in [0.1, 0.15) is 10.4 Å². The van der Waals surface area contributed by atoms with E-state index in [0.717, 1.165) is 12.1 Å². The summed E-state index contributed by atoms with van der Waals surface area (Å²) >= 11 is 6.29. The highest BCUT2D eigenvalue weighted by Gasteiger charge is 2.17. The summed E-state index contributed by atoms with van der Waals surface area (Å²) in [5, 5.41) is 5.12. The molecule has 0 saturated carbocycles. The van der Waals surface area contributed by atoms with Gasteiger partial charge in [-0.3, -0.25) is 9.59 Å². The van der Waals surface area contributed by atoms with Crippen LogP contribution >= 0.6 is 11.6 Å². The molecule has 0 aliphatic heterocycles. The van der Waals surface area contributed by atoms with Crippen LogP contribution in [0.15, 0.2) is 54.9 Å². The summed E-state index contributed by atoms with van der Waals surface area (Å²) in [7, 11) is 1.41. The summed E-state index contributed by atoms with van der Waals surface area (Å²) < 4.78 is 33.2. The van der Waals surface area contributed by atoms with E-state index in [1.54, 1.807) is 23.0 Å². The van der Waals surface area contributed by atoms with E-state index in [1.807, 2.05) is 12.1 Å². The molecule has 9 heteroatoms. The fourth-order valence-electron chi connectivity index (χ4n) is 2.62. The van der Waals surface area contributed by atoms with Crippen molar-refractivity contribution < 1.29 is 23.1 Å². The van der Waals surface area contributed by atoms with Crippen molar-refractivity contribution in [3.05, 3.63) is 77.1 Å². The molecule has 29 heavy (non-hydrogen) atoms. The molecule has 2 amide bonds. The van der Waals surface area contributed by atoms with Crippen LogP contribution in [-0.2, 0) is 4.79 Å². The van der Waals surface area contributed by atoms with E-state index >= 15 is 0 Å². The molecule has 0 spiro atoms. The van der Waals surface area contributed by atoms with Gasteiger partial charge in [0.2, 0.25) is 5.91 Å². The van der Waals surface area contributed by atoms with Crippen LogP contribution in [0.25, 0.3) is 5.69 Å². The van der Waals surface area contributed by atoms with Crippen LogP contribution in [0.4, 0.5) is 14.5 Å². The maximum absolute atomic E-state index is 13.2. The molecule has 2 aromatic carbocycles. The van der Waals surface area contributed by atoms with Crippen LogP contribution in [0.2, 0.25) is 5.02 Å². The highest BCUT2D eigenvalue weighted by Crippen LogP contribution is 2.30. The molecule has 150 valence electrons. The second kappa shape index (κ2) is 8.74. The molecule has 0 atom stereocenters. The van der Waals surface area contributed by atoms with Gasteiger partial charge in [-0.1, -0.05) is 11.6 Å². The van der Waals surface area contributed by atoms with E-state index in [9.17, 15) is 18.4 Å². The fourth-order valence-corrected chi connectivity index (χ4v) is 2.88. The van der Waals surface area contributed by atoms with Crippen LogP contribution < -0.4 is 15.4 Å². The van der Waals surface area contributed by atoms with Gasteiger partial charge in [0.15, 0.2) is 11.6 Å². The van der Waals surface area contributed by atoms with Gasteiger partial charge in [0.1, 0.15) is 5.75 Å². The first kappa shape index (κ1) is 20.3. The third-order valence-corrected chi connectivity index (χ3v) is 4.31. The number of halogens is 3. The Bertz CT molecular complexity index is 1060. The number of amides is 2. The number of rotatable bonds is 6. The van der Waals surface area contributed by atoms with E-state index in [1.165, 1.54) is 19.2 Å². The molecular formula is C20H16ClF2N3O3. The number of ether oxygens (including phenoxy) is 1. The first-order chi connectivity index (χ1) is 13.9. The number of benzene rings is 2. The zero-order valence-corrected chi connectivity index (χ0v) is 16.0. The molecule has 3 aromatic rings. The normalized spacial score (nSPS) is 10.5. The smallest absolute Gasteiger partial charge is 0.255 e. The summed E-state index contributed by atoms with van der Waals surface area (Å²) in [6.07, 6.45) is 3.59. The Labute approximate surface area is 170 Å². The molecule has 1 heterocycles. The summed E-state index contributed by atoms with van der Waals surface area (Å²) in [5.41, 5.74) is 0.843. The summed E-state index contributed by atoms with van der Waals surface area (Å²) in [6, 6.07) is 9.66. The monoisotopic (exact) mass is 419 g/mol. The molecule has 0 aliphatic rings. The van der Waals surface area contributed by atoms with Crippen molar-refractivity contribution >= 4 is 29.1 Å². The standard InChI is InChI=1S/C20H16ClF2N3O3/c1-29-18-10-17(26-6-2-3-7-26)14(21)9-13(18)20(28)24-11-19(27)25-12-4-5-15(22)16(23)8-12/h2-10H,11H2,1H3,(H,24,28)(H,25,27). The van der Waals surface area contributed by atoms with Gasteiger partial charge in [0, 0.05) is 30.2 Å². The lowest BCUT2D eigenvalue weighted by molar-refractivity contribution is -0.115. The van der Waals surface area contributed by atoms with Gasteiger partial charge in [0.25, 0.3) is 5.91 Å². The van der Waals surface area contributed by atoms with Crippen molar-refractivity contribution in [3.8, 4) is 11.4 Å². The maximum Gasteiger partial charge on any atom is 0.255 e. The predicted molar refractivity (Wildman–Crippen MR) is 105 cm³/mol. The number of aromatic nitrogens is 1. The van der Waals surface area contributed by atoms with E-state index in [0.29, 0.717) is 10.7 Å². The molecule has 0 bridgehead atoms. The molecule has 0 aliphatic carbocycles. The lowest BCUT2D eigenvalue weighted by Crippen LogP contribution is -2.33. The topological polar surface area (TPSA) is 72.4 Å². The van der Waals surface area contributed by atoms with Crippen molar-refractivity contribution in [3.63, 3.8) is 0 Å². The SMILES string of the molecule is COc1cc(-n2cccc2)c(Cl)cc1C(=O)NCC(=O)Nc1ccc(F)c(F)c1. The number of carbonyl (C=O) groups excluding carboxylic acids is 2. The molecule has 3 rings (SSSR count). The number of carbonyl (C=O) groups is 2. The lowest BCUT2D eigenvalue weighted by atomic mass is 10.1. The summed E-state index contributed by atoms with van der Waals surface area (Å²) in [4.78, 5) is 24.5. The highest BCUT2D eigenvalue weighted by atomic mass is 35.5. The van der Waals surface area contributed by atoms with Crippen LogP contribution in [-0.4, -0.2) is 30.0 Å². The number of nitrogens with one attached hydrogen (secondary N) is 2. The summed E-state index contributed by atoms with van der Waals surface area (Å²) in [6.45, 7) is -0.391. The molecule has 0 radical (unpaired) electrons. The molecule has 2 N–H and O–H groups in total. The van der Waals surface area contributed by atoms with Crippen molar-refractivity contribution in [2.24, 2.45) is 0 Å². The third kappa shape index (κ3) is 4.72. The zero-order chi connectivity index (χ0) is 21.0. The zero-order valence-electron chi connectivity index (χ0n) is 15.2. The van der Waals surface area contributed by atoms with Gasteiger partial charge in [-0.15, -0.1) is 0 Å². The average molecular weight is 420 g/mol. The largest absolute Gasteiger partial charge is 0.496 e. The van der Waals surface area contributed by atoms with Crippen molar-refractivity contribution in [1.29, 1.82) is 0 Å². The maximum atomic E-state index is 13.2. The Kier molecular flexibility index (Phi) is 6.13. The Balaban J connectivity index is 1.69. The molecular weight excluding hydrogens is 404 g/mol. The number of nitrogens with zero attached hydrogens (tertiary/aromatic N) is 1. The van der Waals surface area contributed by atoms with Crippen molar-refractivity contribution in [2.75, 3.05) is 19.0 Å². The number of hydrogen-bond donors (Lipinski definition) is 2. The second-order valence-corrected chi connectivity index (χ2v) is 6.36. The summed E-state index contributed by atoms with van der Waals surface area (Å²) in [5.74, 6) is -3.03. The van der Waals surface area contributed by atoms with E-state index in [4.69, 9.17) is 16.3 Å². The van der Waals surface area contributed by atoms with Gasteiger partial charge >= 0.3 is 0 Å². The highest BCUT2D eigenvalue weighted by molar-refractivity contribution is 6.33. The Morgan fingerprint density at radius 1 is 1.10 bits per heavy atom. The molecule has 1 aromatic heterocycles.